The number of amides is 1. The summed E-state index contributed by atoms with van der Waals surface area (Å²) in [5.74, 6) is 0.176. The van der Waals surface area contributed by atoms with Crippen molar-refractivity contribution in [1.82, 2.24) is 4.31 Å². The van der Waals surface area contributed by atoms with Crippen LogP contribution in [-0.4, -0.2) is 38.3 Å². The number of hydrogen-bond donors (Lipinski definition) is 1. The lowest BCUT2D eigenvalue weighted by Crippen LogP contribution is -2.31. The third kappa shape index (κ3) is 6.44. The van der Waals surface area contributed by atoms with Gasteiger partial charge in [0.15, 0.2) is 6.61 Å². The molecule has 3 aromatic rings. The molecule has 0 aliphatic rings. The van der Waals surface area contributed by atoms with Crippen LogP contribution in [0.1, 0.15) is 0 Å². The molecule has 0 aliphatic heterocycles. The number of ether oxygens (including phenoxy) is 1. The Morgan fingerprint density at radius 1 is 0.941 bits per heavy atom. The molecule has 6 nitrogen and oxygen atoms in total. The zero-order valence-electron chi connectivity index (χ0n) is 18.5. The molecule has 0 heterocycles. The molecular weight excluding hydrogens is 516 g/mol. The van der Waals surface area contributed by atoms with Gasteiger partial charge in [-0.25, -0.2) is 8.42 Å². The quantitative estimate of drug-likeness (QED) is 0.326. The van der Waals surface area contributed by atoms with Crippen LogP contribution in [0.5, 0.6) is 5.75 Å². The van der Waals surface area contributed by atoms with E-state index in [9.17, 15) is 13.2 Å². The first kappa shape index (κ1) is 25.4. The van der Waals surface area contributed by atoms with Gasteiger partial charge in [-0.05, 0) is 63.5 Å². The Balaban J connectivity index is 1.60. The summed E-state index contributed by atoms with van der Waals surface area (Å²) in [7, 11) is -3.70. The van der Waals surface area contributed by atoms with Gasteiger partial charge in [0.05, 0.1) is 9.37 Å². The number of benzene rings is 3. The fourth-order valence-corrected chi connectivity index (χ4v) is 5.06. The fourth-order valence-electron chi connectivity index (χ4n) is 3.19. The van der Waals surface area contributed by atoms with Crippen LogP contribution in [0, 0.1) is 0 Å². The minimum absolute atomic E-state index is 0.118. The van der Waals surface area contributed by atoms with Crippen molar-refractivity contribution in [3.8, 4) is 16.9 Å². The van der Waals surface area contributed by atoms with Crippen molar-refractivity contribution in [3.05, 3.63) is 103 Å². The summed E-state index contributed by atoms with van der Waals surface area (Å²) in [5, 5.41) is 2.71. The maximum absolute atomic E-state index is 12.8. The van der Waals surface area contributed by atoms with Crippen molar-refractivity contribution in [3.63, 3.8) is 0 Å². The van der Waals surface area contributed by atoms with E-state index >= 15 is 0 Å². The van der Waals surface area contributed by atoms with E-state index in [0.717, 1.165) is 15.6 Å². The van der Waals surface area contributed by atoms with Gasteiger partial charge in [0.1, 0.15) is 5.75 Å². The second-order valence-corrected chi connectivity index (χ2v) is 10.1. The summed E-state index contributed by atoms with van der Waals surface area (Å²) < 4.78 is 33.2. The summed E-state index contributed by atoms with van der Waals surface area (Å²) in [6.07, 6.45) is 3.03. The lowest BCUT2D eigenvalue weighted by atomic mass is 10.1. The van der Waals surface area contributed by atoms with Gasteiger partial charge in [0.2, 0.25) is 10.0 Å². The number of hydrogen-bond acceptors (Lipinski definition) is 4. The summed E-state index contributed by atoms with van der Waals surface area (Å²) >= 11 is 3.49. The molecular formula is C26H25BrN2O4S. The topological polar surface area (TPSA) is 75.7 Å². The highest BCUT2D eigenvalue weighted by Crippen LogP contribution is 2.30. The van der Waals surface area contributed by atoms with E-state index in [-0.39, 0.29) is 30.5 Å². The van der Waals surface area contributed by atoms with Gasteiger partial charge in [-0.1, -0.05) is 48.6 Å². The molecule has 1 N–H and O–H groups in total. The minimum atomic E-state index is -3.70. The predicted molar refractivity (Wildman–Crippen MR) is 139 cm³/mol. The van der Waals surface area contributed by atoms with E-state index < -0.39 is 10.0 Å². The van der Waals surface area contributed by atoms with Crippen molar-refractivity contribution in [2.45, 2.75) is 4.90 Å². The van der Waals surface area contributed by atoms with Gasteiger partial charge < -0.3 is 10.1 Å². The first-order valence-electron chi connectivity index (χ1n) is 10.4. The maximum atomic E-state index is 12.8. The lowest BCUT2D eigenvalue weighted by molar-refractivity contribution is -0.118. The van der Waals surface area contributed by atoms with Crippen LogP contribution in [0.25, 0.3) is 11.1 Å². The molecule has 0 aliphatic carbocycles. The Morgan fingerprint density at radius 3 is 2.18 bits per heavy atom. The molecule has 8 heteroatoms. The van der Waals surface area contributed by atoms with Crippen LogP contribution < -0.4 is 10.1 Å². The largest absolute Gasteiger partial charge is 0.483 e. The Morgan fingerprint density at radius 2 is 1.59 bits per heavy atom. The van der Waals surface area contributed by atoms with E-state index in [1.165, 1.54) is 40.7 Å². The molecule has 0 spiro atoms. The summed E-state index contributed by atoms with van der Waals surface area (Å²) in [6.45, 7) is 7.34. The molecule has 3 aromatic carbocycles. The van der Waals surface area contributed by atoms with Crippen molar-refractivity contribution in [2.24, 2.45) is 0 Å². The van der Waals surface area contributed by atoms with E-state index in [1.807, 2.05) is 42.5 Å². The normalized spacial score (nSPS) is 11.1. The van der Waals surface area contributed by atoms with E-state index in [1.54, 1.807) is 6.07 Å². The smallest absolute Gasteiger partial charge is 0.262 e. The van der Waals surface area contributed by atoms with Crippen molar-refractivity contribution in [1.29, 1.82) is 0 Å². The SMILES string of the molecule is C=CCN(CC=C)S(=O)(=O)c1ccc(NC(=O)COc2ccc(-c3ccccc3)cc2Br)cc1. The third-order valence-electron chi connectivity index (χ3n) is 4.84. The van der Waals surface area contributed by atoms with Gasteiger partial charge in [-0.2, -0.15) is 4.31 Å². The molecule has 1 amide bonds. The zero-order chi connectivity index (χ0) is 24.6. The van der Waals surface area contributed by atoms with Crippen LogP contribution in [0.4, 0.5) is 5.69 Å². The van der Waals surface area contributed by atoms with Crippen LogP contribution in [0.15, 0.2) is 107 Å². The number of halogens is 1. The van der Waals surface area contributed by atoms with Crippen molar-refractivity contribution >= 4 is 37.5 Å². The molecule has 0 saturated carbocycles. The van der Waals surface area contributed by atoms with Crippen LogP contribution in [-0.2, 0) is 14.8 Å². The molecule has 176 valence electrons. The number of anilines is 1. The Hall–Kier alpha value is -3.20. The van der Waals surface area contributed by atoms with Crippen molar-refractivity contribution < 1.29 is 17.9 Å². The van der Waals surface area contributed by atoms with Crippen LogP contribution in [0.2, 0.25) is 0 Å². The van der Waals surface area contributed by atoms with Gasteiger partial charge >= 0.3 is 0 Å². The summed E-state index contributed by atoms with van der Waals surface area (Å²) in [4.78, 5) is 12.5. The average Bonchev–Trinajstić information content (AvgIpc) is 2.84. The number of nitrogens with zero attached hydrogens (tertiary/aromatic N) is 1. The first-order valence-corrected chi connectivity index (χ1v) is 12.7. The van der Waals surface area contributed by atoms with Gasteiger partial charge in [-0.15, -0.1) is 13.2 Å². The average molecular weight is 541 g/mol. The maximum Gasteiger partial charge on any atom is 0.262 e. The predicted octanol–water partition coefficient (Wildman–Crippen LogP) is 5.50. The zero-order valence-corrected chi connectivity index (χ0v) is 20.9. The number of nitrogens with one attached hydrogen (secondary N) is 1. The van der Waals surface area contributed by atoms with Gasteiger partial charge in [-0.3, -0.25) is 4.79 Å². The number of carbonyl (C=O) groups is 1. The van der Waals surface area contributed by atoms with Crippen LogP contribution >= 0.6 is 15.9 Å². The number of rotatable bonds is 11. The highest BCUT2D eigenvalue weighted by molar-refractivity contribution is 9.10. The standard InChI is InChI=1S/C26H25BrN2O4S/c1-3-16-29(17-4-2)34(31,32)23-13-11-22(12-14-23)28-26(30)19-33-25-15-10-21(18-24(25)27)20-8-6-5-7-9-20/h3-15,18H,1-2,16-17,19H2,(H,28,30). The second kappa shape index (κ2) is 11.8. The summed E-state index contributed by atoms with van der Waals surface area (Å²) in [5.41, 5.74) is 2.57. The Labute approximate surface area is 208 Å². The molecule has 0 atom stereocenters. The Kier molecular flexibility index (Phi) is 8.81. The third-order valence-corrected chi connectivity index (χ3v) is 7.30. The number of sulfonamides is 1. The highest BCUT2D eigenvalue weighted by atomic mass is 79.9. The fraction of sp³-hybridized carbons (Fsp3) is 0.115. The van der Waals surface area contributed by atoms with Gasteiger partial charge in [0.25, 0.3) is 5.91 Å². The molecule has 0 radical (unpaired) electrons. The first-order chi connectivity index (χ1) is 16.3. The molecule has 0 aromatic heterocycles. The molecule has 0 fully saturated rings. The molecule has 34 heavy (non-hydrogen) atoms. The second-order valence-electron chi connectivity index (χ2n) is 7.27. The van der Waals surface area contributed by atoms with E-state index in [0.29, 0.717) is 11.4 Å². The number of carbonyl (C=O) groups excluding carboxylic acids is 1. The highest BCUT2D eigenvalue weighted by Gasteiger charge is 2.22. The summed E-state index contributed by atoms with van der Waals surface area (Å²) in [6, 6.07) is 21.6. The monoisotopic (exact) mass is 540 g/mol. The van der Waals surface area contributed by atoms with Gasteiger partial charge in [0, 0.05) is 18.8 Å². The molecule has 3 rings (SSSR count). The Bertz CT molecular complexity index is 1250. The van der Waals surface area contributed by atoms with E-state index in [2.05, 4.69) is 34.4 Å². The van der Waals surface area contributed by atoms with E-state index in [4.69, 9.17) is 4.74 Å². The van der Waals surface area contributed by atoms with Crippen LogP contribution in [0.3, 0.4) is 0 Å². The minimum Gasteiger partial charge on any atom is -0.483 e. The molecule has 0 saturated heterocycles. The molecule has 0 unspecified atom stereocenters. The lowest BCUT2D eigenvalue weighted by Gasteiger charge is -2.19. The molecule has 0 bridgehead atoms. The van der Waals surface area contributed by atoms with Crippen molar-refractivity contribution in [2.75, 3.05) is 25.0 Å².